The lowest BCUT2D eigenvalue weighted by molar-refractivity contribution is 0.104. The van der Waals surface area contributed by atoms with Gasteiger partial charge in [0.15, 0.2) is 5.78 Å². The maximum atomic E-state index is 12.6. The number of aromatic amines is 1. The van der Waals surface area contributed by atoms with Crippen molar-refractivity contribution >= 4 is 35.1 Å². The van der Waals surface area contributed by atoms with E-state index in [4.69, 9.17) is 23.2 Å². The number of benzene rings is 3. The zero-order valence-corrected chi connectivity index (χ0v) is 17.2. The zero-order chi connectivity index (χ0) is 21.1. The second-order valence-corrected chi connectivity index (χ2v) is 7.52. The lowest BCUT2D eigenvalue weighted by Crippen LogP contribution is -2.14. The van der Waals surface area contributed by atoms with Crippen molar-refractivity contribution in [3.05, 3.63) is 117 Å². The molecule has 0 amide bonds. The lowest BCUT2D eigenvalue weighted by Gasteiger charge is -2.03. The highest BCUT2D eigenvalue weighted by Crippen LogP contribution is 2.20. The van der Waals surface area contributed by atoms with Gasteiger partial charge in [0.1, 0.15) is 0 Å². The first kappa shape index (κ1) is 20.0. The number of H-pyrrole nitrogens is 1. The van der Waals surface area contributed by atoms with Gasteiger partial charge in [0.2, 0.25) is 0 Å². The quantitative estimate of drug-likeness (QED) is 0.307. The van der Waals surface area contributed by atoms with Gasteiger partial charge >= 0.3 is 5.69 Å². The Balaban J connectivity index is 1.60. The van der Waals surface area contributed by atoms with Crippen LogP contribution in [0.4, 0.5) is 0 Å². The first-order chi connectivity index (χ1) is 14.5. The minimum atomic E-state index is -0.291. The third kappa shape index (κ3) is 4.46. The van der Waals surface area contributed by atoms with Crippen molar-refractivity contribution in [2.75, 3.05) is 0 Å². The van der Waals surface area contributed by atoms with E-state index in [9.17, 15) is 9.59 Å². The summed E-state index contributed by atoms with van der Waals surface area (Å²) in [5.41, 5.74) is 3.17. The van der Waals surface area contributed by atoms with Crippen molar-refractivity contribution in [1.29, 1.82) is 0 Å². The number of carbonyl (C=O) groups is 1. The number of allylic oxidation sites excluding steroid dienone is 1. The molecule has 0 radical (unpaired) electrons. The molecule has 3 aromatic carbocycles. The van der Waals surface area contributed by atoms with E-state index >= 15 is 0 Å². The molecule has 30 heavy (non-hydrogen) atoms. The summed E-state index contributed by atoms with van der Waals surface area (Å²) in [6, 6.07) is 21.3. The summed E-state index contributed by atoms with van der Waals surface area (Å²) in [5, 5.41) is 1.26. The third-order valence-electron chi connectivity index (χ3n) is 4.58. The number of nitrogens with zero attached hydrogens (tertiary/aromatic N) is 1. The van der Waals surface area contributed by atoms with Crippen molar-refractivity contribution in [2.24, 2.45) is 0 Å². The SMILES string of the molecule is O=C(/C=C/c1ccc(Cl)cc1)c1cccc(-n2cc(-c3ccc(Cl)cc3)[nH]c2=O)c1. The van der Waals surface area contributed by atoms with Crippen LogP contribution >= 0.6 is 23.2 Å². The van der Waals surface area contributed by atoms with Gasteiger partial charge in [-0.25, -0.2) is 4.79 Å². The average molecular weight is 435 g/mol. The highest BCUT2D eigenvalue weighted by molar-refractivity contribution is 6.30. The van der Waals surface area contributed by atoms with Gasteiger partial charge in [-0.2, -0.15) is 0 Å². The van der Waals surface area contributed by atoms with Crippen molar-refractivity contribution in [2.45, 2.75) is 0 Å². The molecular formula is C24H16Cl2N2O2. The molecule has 1 N–H and O–H groups in total. The molecule has 0 bridgehead atoms. The fourth-order valence-electron chi connectivity index (χ4n) is 3.01. The summed E-state index contributed by atoms with van der Waals surface area (Å²) in [7, 11) is 0. The molecule has 0 aliphatic carbocycles. The summed E-state index contributed by atoms with van der Waals surface area (Å²) >= 11 is 11.8. The number of hydrogen-bond donors (Lipinski definition) is 1. The van der Waals surface area contributed by atoms with E-state index in [-0.39, 0.29) is 11.5 Å². The number of carbonyl (C=O) groups excluding carboxylic acids is 1. The van der Waals surface area contributed by atoms with Gasteiger partial charge in [0, 0.05) is 21.8 Å². The summed E-state index contributed by atoms with van der Waals surface area (Å²) in [4.78, 5) is 27.9. The van der Waals surface area contributed by atoms with E-state index in [0.29, 0.717) is 27.0 Å². The van der Waals surface area contributed by atoms with Gasteiger partial charge in [-0.3, -0.25) is 9.36 Å². The van der Waals surface area contributed by atoms with Crippen LogP contribution in [-0.2, 0) is 0 Å². The molecule has 6 heteroatoms. The highest BCUT2D eigenvalue weighted by Gasteiger charge is 2.09. The predicted molar refractivity (Wildman–Crippen MR) is 122 cm³/mol. The number of rotatable bonds is 5. The molecule has 1 heterocycles. The molecule has 0 atom stereocenters. The minimum Gasteiger partial charge on any atom is -0.305 e. The molecule has 0 saturated heterocycles. The van der Waals surface area contributed by atoms with Crippen LogP contribution < -0.4 is 5.69 Å². The van der Waals surface area contributed by atoms with Crippen molar-refractivity contribution < 1.29 is 4.79 Å². The fourth-order valence-corrected chi connectivity index (χ4v) is 3.27. The Morgan fingerprint density at radius 1 is 0.900 bits per heavy atom. The normalized spacial score (nSPS) is 11.1. The largest absolute Gasteiger partial charge is 0.330 e. The maximum absolute atomic E-state index is 12.6. The highest BCUT2D eigenvalue weighted by atomic mass is 35.5. The molecule has 148 valence electrons. The van der Waals surface area contributed by atoms with Gasteiger partial charge in [-0.05, 0) is 53.6 Å². The molecule has 0 aliphatic heterocycles. The molecule has 0 aliphatic rings. The van der Waals surface area contributed by atoms with E-state index in [1.807, 2.05) is 24.3 Å². The first-order valence-electron chi connectivity index (χ1n) is 9.16. The summed E-state index contributed by atoms with van der Waals surface area (Å²) < 4.78 is 1.48. The second kappa shape index (κ2) is 8.57. The predicted octanol–water partition coefficient (Wildman–Crippen LogP) is 6.04. The number of nitrogens with one attached hydrogen (secondary N) is 1. The number of hydrogen-bond acceptors (Lipinski definition) is 2. The molecule has 0 saturated carbocycles. The van der Waals surface area contributed by atoms with Gasteiger partial charge in [-0.15, -0.1) is 0 Å². The second-order valence-electron chi connectivity index (χ2n) is 6.65. The van der Waals surface area contributed by atoms with Gasteiger partial charge in [0.25, 0.3) is 0 Å². The monoisotopic (exact) mass is 434 g/mol. The van der Waals surface area contributed by atoms with Crippen LogP contribution in [0.1, 0.15) is 15.9 Å². The summed E-state index contributed by atoms with van der Waals surface area (Å²) in [5.74, 6) is -0.159. The van der Waals surface area contributed by atoms with Crippen LogP contribution in [0.3, 0.4) is 0 Å². The third-order valence-corrected chi connectivity index (χ3v) is 5.08. The Morgan fingerprint density at radius 3 is 2.27 bits per heavy atom. The van der Waals surface area contributed by atoms with E-state index in [2.05, 4.69) is 4.98 Å². The zero-order valence-electron chi connectivity index (χ0n) is 15.7. The minimum absolute atomic E-state index is 0.159. The summed E-state index contributed by atoms with van der Waals surface area (Å²) in [6.45, 7) is 0. The van der Waals surface area contributed by atoms with Crippen LogP contribution in [-0.4, -0.2) is 15.3 Å². The molecular weight excluding hydrogens is 419 g/mol. The Kier molecular flexibility index (Phi) is 5.70. The number of halogens is 2. The molecule has 4 aromatic rings. The lowest BCUT2D eigenvalue weighted by atomic mass is 10.1. The fraction of sp³-hybridized carbons (Fsp3) is 0. The molecule has 4 nitrogen and oxygen atoms in total. The molecule has 0 unspecified atom stereocenters. The van der Waals surface area contributed by atoms with E-state index < -0.39 is 0 Å². The van der Waals surface area contributed by atoms with Crippen LogP contribution in [0.5, 0.6) is 0 Å². The van der Waals surface area contributed by atoms with Crippen LogP contribution in [0.25, 0.3) is 23.0 Å². The molecule has 0 spiro atoms. The molecule has 0 fully saturated rings. The van der Waals surface area contributed by atoms with Crippen LogP contribution in [0.2, 0.25) is 10.0 Å². The molecule has 4 rings (SSSR count). The first-order valence-corrected chi connectivity index (χ1v) is 9.91. The molecule has 1 aromatic heterocycles. The maximum Gasteiger partial charge on any atom is 0.330 e. The van der Waals surface area contributed by atoms with E-state index in [1.54, 1.807) is 60.8 Å². The standard InChI is InChI=1S/C24H16Cl2N2O2/c25-19-9-4-16(5-10-19)6-13-23(29)18-2-1-3-21(14-18)28-15-22(27-24(28)30)17-7-11-20(26)12-8-17/h1-15H,(H,27,30)/b13-6+. The van der Waals surface area contributed by atoms with Gasteiger partial charge in [-0.1, -0.05) is 65.7 Å². The van der Waals surface area contributed by atoms with Crippen LogP contribution in [0, 0.1) is 0 Å². The Bertz CT molecular complexity index is 1280. The number of aromatic nitrogens is 2. The Morgan fingerprint density at radius 2 is 1.57 bits per heavy atom. The smallest absolute Gasteiger partial charge is 0.305 e. The van der Waals surface area contributed by atoms with Crippen molar-refractivity contribution in [3.63, 3.8) is 0 Å². The average Bonchev–Trinajstić information content (AvgIpc) is 3.15. The Labute approximate surface area is 183 Å². The Hall–Kier alpha value is -3.34. The number of ketones is 1. The van der Waals surface area contributed by atoms with Crippen molar-refractivity contribution in [1.82, 2.24) is 9.55 Å². The van der Waals surface area contributed by atoms with Gasteiger partial charge in [0.05, 0.1) is 11.4 Å². The van der Waals surface area contributed by atoms with E-state index in [0.717, 1.165) is 11.1 Å². The number of imidazole rings is 1. The van der Waals surface area contributed by atoms with Crippen LogP contribution in [0.15, 0.2) is 89.9 Å². The topological polar surface area (TPSA) is 54.9 Å². The van der Waals surface area contributed by atoms with Gasteiger partial charge < -0.3 is 4.98 Å². The van der Waals surface area contributed by atoms with E-state index in [1.165, 1.54) is 10.6 Å². The van der Waals surface area contributed by atoms with Crippen molar-refractivity contribution in [3.8, 4) is 16.9 Å². The summed E-state index contributed by atoms with van der Waals surface area (Å²) in [6.07, 6.45) is 4.94.